The van der Waals surface area contributed by atoms with Crippen LogP contribution in [0.4, 0.5) is 5.69 Å². The highest BCUT2D eigenvalue weighted by atomic mass is 16.1. The van der Waals surface area contributed by atoms with Gasteiger partial charge >= 0.3 is 0 Å². The first-order valence-electron chi connectivity index (χ1n) is 7.35. The Kier molecular flexibility index (Phi) is 3.75. The molecule has 2 aromatic rings. The normalized spacial score (nSPS) is 22.1. The van der Waals surface area contributed by atoms with Crippen LogP contribution in [0, 0.1) is 0 Å². The van der Waals surface area contributed by atoms with Crippen LogP contribution in [0.15, 0.2) is 30.3 Å². The van der Waals surface area contributed by atoms with E-state index in [1.807, 2.05) is 24.3 Å². The van der Waals surface area contributed by atoms with E-state index in [4.69, 9.17) is 11.5 Å². The number of hydrogen-bond acceptors (Lipinski definition) is 4. The van der Waals surface area contributed by atoms with Crippen molar-refractivity contribution in [1.29, 1.82) is 0 Å². The highest BCUT2D eigenvalue weighted by Crippen LogP contribution is 2.21. The summed E-state index contributed by atoms with van der Waals surface area (Å²) in [6.07, 6.45) is 3.77. The number of fused-ring (bicyclic) bond motifs is 1. The molecule has 1 amide bonds. The van der Waals surface area contributed by atoms with Crippen LogP contribution >= 0.6 is 0 Å². The molecule has 5 N–H and O–H groups in total. The minimum atomic E-state index is -0.159. The average molecular weight is 284 g/mol. The lowest BCUT2D eigenvalue weighted by Crippen LogP contribution is -2.40. The van der Waals surface area contributed by atoms with Gasteiger partial charge in [-0.2, -0.15) is 0 Å². The Balaban J connectivity index is 1.78. The lowest BCUT2D eigenvalue weighted by molar-refractivity contribution is 0.0921. The van der Waals surface area contributed by atoms with E-state index in [0.717, 1.165) is 36.6 Å². The summed E-state index contributed by atoms with van der Waals surface area (Å²) in [5.41, 5.74) is 13.6. The van der Waals surface area contributed by atoms with Crippen molar-refractivity contribution in [1.82, 2.24) is 10.3 Å². The van der Waals surface area contributed by atoms with Gasteiger partial charge in [-0.05, 0) is 37.8 Å². The summed E-state index contributed by atoms with van der Waals surface area (Å²) < 4.78 is 0. The fourth-order valence-electron chi connectivity index (χ4n) is 2.84. The largest absolute Gasteiger partial charge is 0.398 e. The fourth-order valence-corrected chi connectivity index (χ4v) is 2.84. The van der Waals surface area contributed by atoms with Gasteiger partial charge in [0.05, 0.1) is 5.52 Å². The first kappa shape index (κ1) is 13.8. The number of para-hydroxylation sites is 1. The van der Waals surface area contributed by atoms with Crippen LogP contribution in [0.1, 0.15) is 36.2 Å². The van der Waals surface area contributed by atoms with Crippen LogP contribution in [0.2, 0.25) is 0 Å². The molecular weight excluding hydrogens is 264 g/mol. The van der Waals surface area contributed by atoms with Crippen molar-refractivity contribution < 1.29 is 4.79 Å². The monoisotopic (exact) mass is 284 g/mol. The summed E-state index contributed by atoms with van der Waals surface area (Å²) in [5.74, 6) is -0.159. The molecule has 0 aliphatic heterocycles. The summed E-state index contributed by atoms with van der Waals surface area (Å²) in [6, 6.07) is 9.67. The average Bonchev–Trinajstić information content (AvgIpc) is 2.49. The second-order valence-electron chi connectivity index (χ2n) is 5.70. The maximum absolute atomic E-state index is 12.3. The number of nitrogens with zero attached hydrogens (tertiary/aromatic N) is 1. The minimum Gasteiger partial charge on any atom is -0.398 e. The molecule has 0 spiro atoms. The standard InChI is InChI=1S/C16H20N4O/c17-10-5-7-11(8-6-10)19-16(21)15-9-13(18)12-3-1-2-4-14(12)20-15/h1-4,9-11H,5-8,17H2,(H2,18,20)(H,19,21). The number of nitrogens with two attached hydrogens (primary N) is 2. The Morgan fingerprint density at radius 2 is 1.90 bits per heavy atom. The van der Waals surface area contributed by atoms with Crippen molar-refractivity contribution >= 4 is 22.5 Å². The Morgan fingerprint density at radius 3 is 2.67 bits per heavy atom. The smallest absolute Gasteiger partial charge is 0.270 e. The van der Waals surface area contributed by atoms with E-state index in [2.05, 4.69) is 10.3 Å². The van der Waals surface area contributed by atoms with Crippen molar-refractivity contribution in [3.63, 3.8) is 0 Å². The molecule has 1 aliphatic carbocycles. The second kappa shape index (κ2) is 5.69. The van der Waals surface area contributed by atoms with Crippen LogP contribution in [0.25, 0.3) is 10.9 Å². The second-order valence-corrected chi connectivity index (χ2v) is 5.70. The predicted molar refractivity (Wildman–Crippen MR) is 83.9 cm³/mol. The zero-order valence-corrected chi connectivity index (χ0v) is 11.9. The van der Waals surface area contributed by atoms with Crippen molar-refractivity contribution in [2.24, 2.45) is 5.73 Å². The third-order valence-electron chi connectivity index (χ3n) is 4.09. The van der Waals surface area contributed by atoms with Gasteiger partial charge in [0, 0.05) is 23.2 Å². The molecule has 1 aromatic carbocycles. The summed E-state index contributed by atoms with van der Waals surface area (Å²) >= 11 is 0. The zero-order chi connectivity index (χ0) is 14.8. The Labute approximate surface area is 123 Å². The van der Waals surface area contributed by atoms with Gasteiger partial charge in [0.1, 0.15) is 5.69 Å². The summed E-state index contributed by atoms with van der Waals surface area (Å²) in [7, 11) is 0. The Morgan fingerprint density at radius 1 is 1.19 bits per heavy atom. The third-order valence-corrected chi connectivity index (χ3v) is 4.09. The third kappa shape index (κ3) is 2.97. The quantitative estimate of drug-likeness (QED) is 0.784. The molecule has 0 bridgehead atoms. The fraction of sp³-hybridized carbons (Fsp3) is 0.375. The van der Waals surface area contributed by atoms with Crippen LogP contribution in [0.3, 0.4) is 0 Å². The lowest BCUT2D eigenvalue weighted by atomic mass is 9.92. The number of hydrogen-bond donors (Lipinski definition) is 3. The van der Waals surface area contributed by atoms with Crippen LogP contribution < -0.4 is 16.8 Å². The Bertz CT molecular complexity index is 662. The van der Waals surface area contributed by atoms with Crippen molar-refractivity contribution in [3.8, 4) is 0 Å². The summed E-state index contributed by atoms with van der Waals surface area (Å²) in [5, 5.41) is 3.91. The number of benzene rings is 1. The predicted octanol–water partition coefficient (Wildman–Crippen LogP) is 1.82. The highest BCUT2D eigenvalue weighted by molar-refractivity contribution is 5.99. The number of nitrogens with one attached hydrogen (secondary N) is 1. The zero-order valence-electron chi connectivity index (χ0n) is 11.9. The van der Waals surface area contributed by atoms with Crippen LogP contribution in [-0.2, 0) is 0 Å². The molecule has 0 saturated heterocycles. The molecule has 110 valence electrons. The molecule has 5 nitrogen and oxygen atoms in total. The minimum absolute atomic E-state index is 0.159. The first-order chi connectivity index (χ1) is 10.1. The van der Waals surface area contributed by atoms with Crippen molar-refractivity contribution in [2.45, 2.75) is 37.8 Å². The Hall–Kier alpha value is -2.14. The maximum atomic E-state index is 12.3. The molecule has 1 fully saturated rings. The van der Waals surface area contributed by atoms with E-state index in [0.29, 0.717) is 11.4 Å². The number of rotatable bonds is 2. The number of carbonyl (C=O) groups excluding carboxylic acids is 1. The molecule has 0 radical (unpaired) electrons. The molecule has 1 heterocycles. The maximum Gasteiger partial charge on any atom is 0.270 e. The first-order valence-corrected chi connectivity index (χ1v) is 7.35. The summed E-state index contributed by atoms with van der Waals surface area (Å²) in [6.45, 7) is 0. The molecule has 1 aliphatic rings. The topological polar surface area (TPSA) is 94.0 Å². The lowest BCUT2D eigenvalue weighted by Gasteiger charge is -2.26. The van der Waals surface area contributed by atoms with E-state index in [9.17, 15) is 4.79 Å². The van der Waals surface area contributed by atoms with Crippen LogP contribution in [0.5, 0.6) is 0 Å². The van der Waals surface area contributed by atoms with Gasteiger partial charge in [-0.3, -0.25) is 4.79 Å². The van der Waals surface area contributed by atoms with Gasteiger partial charge in [-0.25, -0.2) is 4.98 Å². The molecule has 1 saturated carbocycles. The van der Waals surface area contributed by atoms with Gasteiger partial charge in [-0.1, -0.05) is 18.2 Å². The van der Waals surface area contributed by atoms with Gasteiger partial charge in [0.2, 0.25) is 0 Å². The van der Waals surface area contributed by atoms with Crippen molar-refractivity contribution in [2.75, 3.05) is 5.73 Å². The van der Waals surface area contributed by atoms with Crippen LogP contribution in [-0.4, -0.2) is 23.0 Å². The van der Waals surface area contributed by atoms with E-state index < -0.39 is 0 Å². The van der Waals surface area contributed by atoms with E-state index in [-0.39, 0.29) is 18.0 Å². The van der Waals surface area contributed by atoms with E-state index in [1.165, 1.54) is 0 Å². The molecule has 1 aromatic heterocycles. The molecule has 0 atom stereocenters. The number of nitrogen functional groups attached to an aromatic ring is 1. The van der Waals surface area contributed by atoms with Gasteiger partial charge in [0.15, 0.2) is 0 Å². The molecular formula is C16H20N4O. The van der Waals surface area contributed by atoms with Crippen molar-refractivity contribution in [3.05, 3.63) is 36.0 Å². The SMILES string of the molecule is Nc1cc(C(=O)NC2CCC(N)CC2)nc2ccccc12. The highest BCUT2D eigenvalue weighted by Gasteiger charge is 2.21. The molecule has 3 rings (SSSR count). The number of carbonyl (C=O) groups is 1. The molecule has 5 heteroatoms. The van der Waals surface area contributed by atoms with E-state index >= 15 is 0 Å². The van der Waals surface area contributed by atoms with Gasteiger partial charge < -0.3 is 16.8 Å². The summed E-state index contributed by atoms with van der Waals surface area (Å²) in [4.78, 5) is 16.7. The van der Waals surface area contributed by atoms with E-state index in [1.54, 1.807) is 6.07 Å². The van der Waals surface area contributed by atoms with Gasteiger partial charge in [-0.15, -0.1) is 0 Å². The molecule has 21 heavy (non-hydrogen) atoms. The number of aromatic nitrogens is 1. The molecule has 0 unspecified atom stereocenters. The number of pyridine rings is 1. The van der Waals surface area contributed by atoms with Gasteiger partial charge in [0.25, 0.3) is 5.91 Å². The number of amides is 1. The number of anilines is 1.